The van der Waals surface area contributed by atoms with Crippen LogP contribution in [0, 0.1) is 18.2 Å². The van der Waals surface area contributed by atoms with E-state index in [2.05, 4.69) is 20.8 Å². The molecule has 13 heavy (non-hydrogen) atoms. The van der Waals surface area contributed by atoms with Gasteiger partial charge in [0, 0.05) is 0 Å². The minimum atomic E-state index is -0.113. The number of rotatable bonds is 1. The Balaban J connectivity index is 2.86. The molecular weight excluding hydrogens is 163 g/mol. The van der Waals surface area contributed by atoms with Crippen LogP contribution in [0.3, 0.4) is 0 Å². The first kappa shape index (κ1) is 10.2. The summed E-state index contributed by atoms with van der Waals surface area (Å²) in [6.07, 6.45) is 0.994. The number of aryl methyl sites for hydroxylation is 1. The molecule has 0 aliphatic rings. The van der Waals surface area contributed by atoms with Gasteiger partial charge in [-0.25, -0.2) is 4.39 Å². The molecule has 0 spiro atoms. The molecule has 0 bridgehead atoms. The first-order valence-electron chi connectivity index (χ1n) is 4.63. The standard InChI is InChI=1S/C12H17F/c1-9-7-10(5-6-11(9)13)8-12(2,3)4/h5-7H,8H2,1-4H3. The van der Waals surface area contributed by atoms with Crippen molar-refractivity contribution in [1.29, 1.82) is 0 Å². The van der Waals surface area contributed by atoms with Gasteiger partial charge in [-0.2, -0.15) is 0 Å². The first-order valence-corrected chi connectivity index (χ1v) is 4.63. The minimum absolute atomic E-state index is 0.113. The maximum atomic E-state index is 12.9. The van der Waals surface area contributed by atoms with Gasteiger partial charge in [-0.15, -0.1) is 0 Å². The maximum absolute atomic E-state index is 12.9. The Kier molecular flexibility index (Phi) is 2.74. The SMILES string of the molecule is Cc1cc(CC(C)(C)C)ccc1F. The molecule has 0 aliphatic carbocycles. The summed E-state index contributed by atoms with van der Waals surface area (Å²) in [7, 11) is 0. The average Bonchev–Trinajstić information content (AvgIpc) is 1.94. The number of benzene rings is 1. The highest BCUT2D eigenvalue weighted by Gasteiger charge is 2.11. The summed E-state index contributed by atoms with van der Waals surface area (Å²) >= 11 is 0. The van der Waals surface area contributed by atoms with E-state index >= 15 is 0 Å². The van der Waals surface area contributed by atoms with Gasteiger partial charge in [0.25, 0.3) is 0 Å². The predicted molar refractivity (Wildman–Crippen MR) is 54.3 cm³/mol. The Labute approximate surface area is 79.8 Å². The van der Waals surface area contributed by atoms with Crippen LogP contribution in [0.25, 0.3) is 0 Å². The lowest BCUT2D eigenvalue weighted by Gasteiger charge is -2.18. The largest absolute Gasteiger partial charge is 0.207 e. The molecule has 0 atom stereocenters. The number of hydrogen-bond acceptors (Lipinski definition) is 0. The fourth-order valence-corrected chi connectivity index (χ4v) is 1.43. The van der Waals surface area contributed by atoms with Crippen LogP contribution in [-0.4, -0.2) is 0 Å². The van der Waals surface area contributed by atoms with Crippen LogP contribution in [0.15, 0.2) is 18.2 Å². The van der Waals surface area contributed by atoms with Crippen molar-refractivity contribution >= 4 is 0 Å². The molecule has 0 aromatic heterocycles. The van der Waals surface area contributed by atoms with Crippen LogP contribution in [0.4, 0.5) is 4.39 Å². The highest BCUT2D eigenvalue weighted by Crippen LogP contribution is 2.21. The maximum Gasteiger partial charge on any atom is 0.126 e. The highest BCUT2D eigenvalue weighted by atomic mass is 19.1. The van der Waals surface area contributed by atoms with Crippen molar-refractivity contribution in [3.63, 3.8) is 0 Å². The zero-order valence-electron chi connectivity index (χ0n) is 8.82. The lowest BCUT2D eigenvalue weighted by Crippen LogP contribution is -2.09. The second kappa shape index (κ2) is 3.49. The third-order valence-electron chi connectivity index (χ3n) is 1.96. The second-order valence-electron chi connectivity index (χ2n) is 4.82. The molecule has 0 radical (unpaired) electrons. The molecule has 0 heterocycles. The van der Waals surface area contributed by atoms with E-state index in [-0.39, 0.29) is 11.2 Å². The molecule has 0 unspecified atom stereocenters. The fourth-order valence-electron chi connectivity index (χ4n) is 1.43. The molecule has 0 saturated heterocycles. The zero-order chi connectivity index (χ0) is 10.1. The Morgan fingerprint density at radius 2 is 1.85 bits per heavy atom. The van der Waals surface area contributed by atoms with Gasteiger partial charge in [-0.05, 0) is 36.0 Å². The van der Waals surface area contributed by atoms with Crippen LogP contribution in [0.5, 0.6) is 0 Å². The van der Waals surface area contributed by atoms with Crippen LogP contribution < -0.4 is 0 Å². The van der Waals surface area contributed by atoms with Gasteiger partial charge in [0.1, 0.15) is 5.82 Å². The fraction of sp³-hybridized carbons (Fsp3) is 0.500. The summed E-state index contributed by atoms with van der Waals surface area (Å²) in [5, 5.41) is 0. The van der Waals surface area contributed by atoms with Crippen LogP contribution in [0.1, 0.15) is 31.9 Å². The van der Waals surface area contributed by atoms with E-state index in [9.17, 15) is 4.39 Å². The van der Waals surface area contributed by atoms with Gasteiger partial charge >= 0.3 is 0 Å². The quantitative estimate of drug-likeness (QED) is 0.618. The third kappa shape index (κ3) is 3.17. The van der Waals surface area contributed by atoms with Crippen molar-refractivity contribution in [3.05, 3.63) is 35.1 Å². The van der Waals surface area contributed by atoms with Gasteiger partial charge in [-0.1, -0.05) is 32.9 Å². The lowest BCUT2D eigenvalue weighted by atomic mass is 9.88. The Morgan fingerprint density at radius 3 is 2.31 bits per heavy atom. The normalized spacial score (nSPS) is 11.8. The van der Waals surface area contributed by atoms with E-state index in [1.165, 1.54) is 5.56 Å². The molecule has 0 nitrogen and oxygen atoms in total. The topological polar surface area (TPSA) is 0 Å². The van der Waals surface area contributed by atoms with Crippen LogP contribution in [0.2, 0.25) is 0 Å². The van der Waals surface area contributed by atoms with Crippen LogP contribution in [-0.2, 0) is 6.42 Å². The average molecular weight is 180 g/mol. The highest BCUT2D eigenvalue weighted by molar-refractivity contribution is 5.24. The smallest absolute Gasteiger partial charge is 0.126 e. The molecule has 1 rings (SSSR count). The van der Waals surface area contributed by atoms with Crippen LogP contribution >= 0.6 is 0 Å². The molecule has 0 saturated carbocycles. The second-order valence-corrected chi connectivity index (χ2v) is 4.82. The Hall–Kier alpha value is -0.850. The molecule has 1 aromatic carbocycles. The van der Waals surface area contributed by atoms with Crippen molar-refractivity contribution in [3.8, 4) is 0 Å². The Morgan fingerprint density at radius 1 is 1.23 bits per heavy atom. The molecule has 0 N–H and O–H groups in total. The van der Waals surface area contributed by atoms with Crippen molar-refractivity contribution in [2.75, 3.05) is 0 Å². The molecule has 0 aliphatic heterocycles. The summed E-state index contributed by atoms with van der Waals surface area (Å²) in [4.78, 5) is 0. The van der Waals surface area contributed by atoms with E-state index in [0.717, 1.165) is 12.0 Å². The summed E-state index contributed by atoms with van der Waals surface area (Å²) < 4.78 is 12.9. The monoisotopic (exact) mass is 180 g/mol. The van der Waals surface area contributed by atoms with Crippen molar-refractivity contribution < 1.29 is 4.39 Å². The summed E-state index contributed by atoms with van der Waals surface area (Å²) in [6, 6.07) is 5.35. The van der Waals surface area contributed by atoms with E-state index in [1.54, 1.807) is 6.07 Å². The molecule has 0 amide bonds. The zero-order valence-corrected chi connectivity index (χ0v) is 8.82. The molecule has 1 heteroatoms. The first-order chi connectivity index (χ1) is 5.88. The molecular formula is C12H17F. The summed E-state index contributed by atoms with van der Waals surface area (Å²) in [5.74, 6) is -0.113. The van der Waals surface area contributed by atoms with E-state index in [0.29, 0.717) is 0 Å². The van der Waals surface area contributed by atoms with Gasteiger partial charge in [0.05, 0.1) is 0 Å². The lowest BCUT2D eigenvalue weighted by molar-refractivity contribution is 0.411. The molecule has 72 valence electrons. The predicted octanol–water partition coefficient (Wildman–Crippen LogP) is 3.72. The van der Waals surface area contributed by atoms with E-state index < -0.39 is 0 Å². The van der Waals surface area contributed by atoms with Gasteiger partial charge in [-0.3, -0.25) is 0 Å². The van der Waals surface area contributed by atoms with Gasteiger partial charge < -0.3 is 0 Å². The Bertz CT molecular complexity index is 294. The van der Waals surface area contributed by atoms with Crippen molar-refractivity contribution in [2.45, 2.75) is 34.1 Å². The summed E-state index contributed by atoms with van der Waals surface area (Å²) in [6.45, 7) is 8.37. The minimum Gasteiger partial charge on any atom is -0.207 e. The van der Waals surface area contributed by atoms with Gasteiger partial charge in [0.15, 0.2) is 0 Å². The van der Waals surface area contributed by atoms with Crippen molar-refractivity contribution in [2.24, 2.45) is 5.41 Å². The molecule has 0 fully saturated rings. The summed E-state index contributed by atoms with van der Waals surface area (Å²) in [5.41, 5.74) is 2.22. The van der Waals surface area contributed by atoms with Crippen molar-refractivity contribution in [1.82, 2.24) is 0 Å². The number of hydrogen-bond donors (Lipinski definition) is 0. The molecule has 1 aromatic rings. The van der Waals surface area contributed by atoms with E-state index in [1.807, 2.05) is 19.1 Å². The van der Waals surface area contributed by atoms with E-state index in [4.69, 9.17) is 0 Å². The number of halogens is 1. The van der Waals surface area contributed by atoms with Gasteiger partial charge in [0.2, 0.25) is 0 Å². The third-order valence-corrected chi connectivity index (χ3v) is 1.96.